The summed E-state index contributed by atoms with van der Waals surface area (Å²) in [4.78, 5) is 0. The first kappa shape index (κ1) is 15.3. The monoisotopic (exact) mass is 280 g/mol. The van der Waals surface area contributed by atoms with Gasteiger partial charge in [-0.1, -0.05) is 12.2 Å². The van der Waals surface area contributed by atoms with E-state index < -0.39 is 0 Å². The summed E-state index contributed by atoms with van der Waals surface area (Å²) in [6.07, 6.45) is 0. The van der Waals surface area contributed by atoms with Crippen molar-refractivity contribution in [1.82, 2.24) is 5.32 Å². The molecule has 0 unspecified atom stereocenters. The highest BCUT2D eigenvalue weighted by Gasteiger charge is 2.06. The predicted octanol–water partition coefficient (Wildman–Crippen LogP) is 2.96. The van der Waals surface area contributed by atoms with Crippen LogP contribution in [-0.4, -0.2) is 25.4 Å². The second-order valence-electron chi connectivity index (χ2n) is 4.06. The fraction of sp³-hybridized carbons (Fsp3) is 0.357. The third kappa shape index (κ3) is 5.18. The van der Waals surface area contributed by atoms with Crippen LogP contribution in [0.4, 0.5) is 5.69 Å². The fourth-order valence-electron chi connectivity index (χ4n) is 1.43. The molecule has 0 amide bonds. The fourth-order valence-corrected chi connectivity index (χ4v) is 1.62. The number of hydrogen-bond donors (Lipinski definition) is 2. The third-order valence-electron chi connectivity index (χ3n) is 2.27. The number of benzene rings is 1. The number of rotatable bonds is 6. The lowest BCUT2D eigenvalue weighted by atomic mass is 10.2. The molecule has 5 heteroatoms. The van der Waals surface area contributed by atoms with Crippen LogP contribution in [0.15, 0.2) is 30.4 Å². The van der Waals surface area contributed by atoms with Crippen LogP contribution in [0.5, 0.6) is 11.5 Å². The molecule has 1 rings (SSSR count). The van der Waals surface area contributed by atoms with E-state index >= 15 is 0 Å². The Morgan fingerprint density at radius 3 is 2.68 bits per heavy atom. The molecule has 19 heavy (non-hydrogen) atoms. The SMILES string of the molecule is C=C(C)CNC(=S)Nc1ccc(OCC)c(OC)c1. The van der Waals surface area contributed by atoms with Gasteiger partial charge in [0.15, 0.2) is 16.6 Å². The van der Waals surface area contributed by atoms with E-state index in [0.29, 0.717) is 24.0 Å². The van der Waals surface area contributed by atoms with E-state index in [-0.39, 0.29) is 0 Å². The van der Waals surface area contributed by atoms with Gasteiger partial charge >= 0.3 is 0 Å². The minimum Gasteiger partial charge on any atom is -0.493 e. The molecule has 0 radical (unpaired) electrons. The van der Waals surface area contributed by atoms with Gasteiger partial charge in [0.2, 0.25) is 0 Å². The van der Waals surface area contributed by atoms with Crippen molar-refractivity contribution < 1.29 is 9.47 Å². The van der Waals surface area contributed by atoms with Crippen molar-refractivity contribution in [2.75, 3.05) is 25.6 Å². The van der Waals surface area contributed by atoms with Gasteiger partial charge in [0, 0.05) is 18.3 Å². The number of anilines is 1. The predicted molar refractivity (Wildman–Crippen MR) is 83.2 cm³/mol. The van der Waals surface area contributed by atoms with E-state index in [4.69, 9.17) is 21.7 Å². The standard InChI is InChI=1S/C14H20N2O2S/c1-5-18-12-7-6-11(8-13(12)17-4)16-14(19)15-9-10(2)3/h6-8H,2,5,9H2,1,3-4H3,(H2,15,16,19). The molecule has 0 saturated heterocycles. The zero-order valence-corrected chi connectivity index (χ0v) is 12.4. The summed E-state index contributed by atoms with van der Waals surface area (Å²) in [5, 5.41) is 6.69. The summed E-state index contributed by atoms with van der Waals surface area (Å²) in [7, 11) is 1.61. The van der Waals surface area contributed by atoms with Crippen LogP contribution >= 0.6 is 12.2 Å². The summed E-state index contributed by atoms with van der Waals surface area (Å²) in [5.41, 5.74) is 1.87. The van der Waals surface area contributed by atoms with Crippen LogP contribution < -0.4 is 20.1 Å². The quantitative estimate of drug-likeness (QED) is 0.619. The summed E-state index contributed by atoms with van der Waals surface area (Å²) in [6.45, 7) is 8.93. The maximum Gasteiger partial charge on any atom is 0.171 e. The van der Waals surface area contributed by atoms with Crippen molar-refractivity contribution >= 4 is 23.0 Å². The average Bonchev–Trinajstić information content (AvgIpc) is 2.38. The smallest absolute Gasteiger partial charge is 0.171 e. The van der Waals surface area contributed by atoms with E-state index in [9.17, 15) is 0 Å². The highest BCUT2D eigenvalue weighted by atomic mass is 32.1. The van der Waals surface area contributed by atoms with Gasteiger partial charge < -0.3 is 20.1 Å². The van der Waals surface area contributed by atoms with E-state index in [1.54, 1.807) is 7.11 Å². The van der Waals surface area contributed by atoms with Crippen LogP contribution in [0.3, 0.4) is 0 Å². The molecule has 1 aromatic carbocycles. The molecule has 4 nitrogen and oxygen atoms in total. The van der Waals surface area contributed by atoms with Gasteiger partial charge in [-0.3, -0.25) is 0 Å². The third-order valence-corrected chi connectivity index (χ3v) is 2.52. The number of methoxy groups -OCH3 is 1. The Morgan fingerprint density at radius 2 is 2.11 bits per heavy atom. The van der Waals surface area contributed by atoms with E-state index in [1.807, 2.05) is 32.0 Å². The normalized spacial score (nSPS) is 9.63. The molecule has 104 valence electrons. The van der Waals surface area contributed by atoms with Crippen LogP contribution in [0.2, 0.25) is 0 Å². The zero-order chi connectivity index (χ0) is 14.3. The molecule has 0 aromatic heterocycles. The van der Waals surface area contributed by atoms with E-state index in [1.165, 1.54) is 0 Å². The molecule has 0 aliphatic heterocycles. The van der Waals surface area contributed by atoms with E-state index in [0.717, 1.165) is 17.0 Å². The first-order valence-corrected chi connectivity index (χ1v) is 6.47. The largest absolute Gasteiger partial charge is 0.493 e. The second kappa shape index (κ2) is 7.63. The number of nitrogens with one attached hydrogen (secondary N) is 2. The number of hydrogen-bond acceptors (Lipinski definition) is 3. The lowest BCUT2D eigenvalue weighted by molar-refractivity contribution is 0.311. The van der Waals surface area contributed by atoms with Crippen LogP contribution in [0.1, 0.15) is 13.8 Å². The van der Waals surface area contributed by atoms with Gasteiger partial charge in [0.25, 0.3) is 0 Å². The molecule has 0 fully saturated rings. The summed E-state index contributed by atoms with van der Waals surface area (Å²) < 4.78 is 10.7. The first-order chi connectivity index (χ1) is 9.06. The van der Waals surface area contributed by atoms with Crippen molar-refractivity contribution in [2.24, 2.45) is 0 Å². The minimum absolute atomic E-state index is 0.550. The van der Waals surface area contributed by atoms with Crippen molar-refractivity contribution in [3.63, 3.8) is 0 Å². The van der Waals surface area contributed by atoms with Gasteiger partial charge in [-0.15, -0.1) is 0 Å². The Labute approximate surface area is 119 Å². The summed E-state index contributed by atoms with van der Waals surface area (Å²) in [5.74, 6) is 1.39. The highest BCUT2D eigenvalue weighted by Crippen LogP contribution is 2.30. The molecule has 2 N–H and O–H groups in total. The molecule has 0 spiro atoms. The second-order valence-corrected chi connectivity index (χ2v) is 4.47. The minimum atomic E-state index is 0.550. The topological polar surface area (TPSA) is 42.5 Å². The molecular formula is C14H20N2O2S. The number of ether oxygens (including phenoxy) is 2. The summed E-state index contributed by atoms with van der Waals surface area (Å²) in [6, 6.07) is 5.59. The van der Waals surface area contributed by atoms with Gasteiger partial charge in [0.05, 0.1) is 13.7 Å². The number of thiocarbonyl (C=S) groups is 1. The van der Waals surface area contributed by atoms with Crippen LogP contribution in [0.25, 0.3) is 0 Å². The summed E-state index contributed by atoms with van der Waals surface area (Å²) >= 11 is 5.18. The molecule has 0 saturated carbocycles. The molecule has 0 aliphatic carbocycles. The molecule has 0 bridgehead atoms. The Hall–Kier alpha value is -1.75. The Morgan fingerprint density at radius 1 is 1.37 bits per heavy atom. The van der Waals surface area contributed by atoms with Crippen molar-refractivity contribution in [3.05, 3.63) is 30.4 Å². The van der Waals surface area contributed by atoms with Gasteiger partial charge in [-0.05, 0) is 38.2 Å². The van der Waals surface area contributed by atoms with Gasteiger partial charge in [0.1, 0.15) is 0 Å². The van der Waals surface area contributed by atoms with E-state index in [2.05, 4.69) is 17.2 Å². The average molecular weight is 280 g/mol. The molecule has 0 atom stereocenters. The molecule has 0 aliphatic rings. The lowest BCUT2D eigenvalue weighted by Gasteiger charge is -2.13. The van der Waals surface area contributed by atoms with Crippen LogP contribution in [-0.2, 0) is 0 Å². The zero-order valence-electron chi connectivity index (χ0n) is 11.6. The Bertz CT molecular complexity index is 461. The highest BCUT2D eigenvalue weighted by molar-refractivity contribution is 7.80. The van der Waals surface area contributed by atoms with Crippen molar-refractivity contribution in [3.8, 4) is 11.5 Å². The van der Waals surface area contributed by atoms with Gasteiger partial charge in [-0.2, -0.15) is 0 Å². The maximum atomic E-state index is 5.45. The van der Waals surface area contributed by atoms with Gasteiger partial charge in [-0.25, -0.2) is 0 Å². The first-order valence-electron chi connectivity index (χ1n) is 6.07. The molecule has 1 aromatic rings. The van der Waals surface area contributed by atoms with Crippen molar-refractivity contribution in [1.29, 1.82) is 0 Å². The Kier molecular flexibility index (Phi) is 6.15. The molecular weight excluding hydrogens is 260 g/mol. The molecule has 0 heterocycles. The Balaban J connectivity index is 2.68. The van der Waals surface area contributed by atoms with Crippen LogP contribution in [0, 0.1) is 0 Å². The maximum absolute atomic E-state index is 5.45. The van der Waals surface area contributed by atoms with Crippen molar-refractivity contribution in [2.45, 2.75) is 13.8 Å². The lowest BCUT2D eigenvalue weighted by Crippen LogP contribution is -2.29.